The van der Waals surface area contributed by atoms with Gasteiger partial charge in [-0.05, 0) is 170 Å². The van der Waals surface area contributed by atoms with E-state index in [0.29, 0.717) is 45.7 Å². The number of benzene rings is 8. The summed E-state index contributed by atoms with van der Waals surface area (Å²) in [4.78, 5) is 0. The maximum absolute atomic E-state index is 6.66. The van der Waals surface area contributed by atoms with Gasteiger partial charge in [0.2, 0.25) is 0 Å². The van der Waals surface area contributed by atoms with E-state index in [1.54, 1.807) is 0 Å². The third kappa shape index (κ3) is 12.7. The SMILES string of the molecule is C=CCc1cc(C2(c3cc(CC=C)c(OCC4CO4)c(CC=C)c3)c3ccccc3-c3ccccc32)ccc1OCC1CO1.CCCCc1cc(C2(c3cc(CCCC)c(OCC4CO4)c(CCCC)c3)c3ccccc3-c3ccccc32)ccc1OCC1CO1. The second-order valence-corrected chi connectivity index (χ2v) is 25.4. The molecule has 0 spiro atoms. The number of ether oxygens (including phenoxy) is 8. The van der Waals surface area contributed by atoms with E-state index in [2.05, 4.69) is 198 Å². The number of aryl methyl sites for hydroxylation is 3. The Morgan fingerprint density at radius 2 is 0.659 bits per heavy atom. The van der Waals surface area contributed by atoms with E-state index < -0.39 is 10.8 Å². The number of unbranched alkanes of at least 4 members (excludes halogenated alkanes) is 3. The first-order valence-corrected chi connectivity index (χ1v) is 33.6. The first-order valence-electron chi connectivity index (χ1n) is 33.6. The number of fused-ring (bicyclic) bond motifs is 6. The molecule has 14 rings (SSSR count). The molecule has 4 heterocycles. The van der Waals surface area contributed by atoms with Crippen LogP contribution in [0.3, 0.4) is 0 Å². The molecule has 8 nitrogen and oxygen atoms in total. The van der Waals surface area contributed by atoms with Crippen molar-refractivity contribution in [3.8, 4) is 45.3 Å². The van der Waals surface area contributed by atoms with Crippen LogP contribution in [0.2, 0.25) is 0 Å². The molecule has 4 unspecified atom stereocenters. The van der Waals surface area contributed by atoms with Crippen LogP contribution in [0, 0.1) is 0 Å². The maximum Gasteiger partial charge on any atom is 0.126 e. The van der Waals surface area contributed by atoms with Gasteiger partial charge in [-0.2, -0.15) is 0 Å². The minimum absolute atomic E-state index is 0.165. The second kappa shape index (κ2) is 27.9. The fraction of sp³-hybridized carbons (Fsp3) is 0.349. The average Bonchev–Trinajstić information content (AvgIpc) is 1.64. The summed E-state index contributed by atoms with van der Waals surface area (Å²) in [5, 5.41) is 0. The van der Waals surface area contributed by atoms with Crippen molar-refractivity contribution in [1.82, 2.24) is 0 Å². The number of rotatable bonds is 31. The van der Waals surface area contributed by atoms with Gasteiger partial charge in [0.15, 0.2) is 0 Å². The summed E-state index contributed by atoms with van der Waals surface area (Å²) in [6.07, 6.45) is 18.5. The van der Waals surface area contributed by atoms with Crippen LogP contribution in [-0.4, -0.2) is 77.3 Å². The molecule has 0 radical (unpaired) electrons. The third-order valence-corrected chi connectivity index (χ3v) is 19.0. The van der Waals surface area contributed by atoms with Gasteiger partial charge in [0, 0.05) is 0 Å². The van der Waals surface area contributed by atoms with Gasteiger partial charge in [0.05, 0.1) is 37.3 Å². The first-order chi connectivity index (χ1) is 44.8. The minimum atomic E-state index is -0.564. The maximum atomic E-state index is 6.66. The molecule has 4 aliphatic heterocycles. The van der Waals surface area contributed by atoms with E-state index in [0.717, 1.165) is 124 Å². The average molecular weight is 1210 g/mol. The van der Waals surface area contributed by atoms with Gasteiger partial charge in [-0.3, -0.25) is 0 Å². The predicted molar refractivity (Wildman–Crippen MR) is 366 cm³/mol. The molecule has 91 heavy (non-hydrogen) atoms. The van der Waals surface area contributed by atoms with Crippen molar-refractivity contribution in [3.63, 3.8) is 0 Å². The molecule has 0 amide bonds. The van der Waals surface area contributed by atoms with Crippen molar-refractivity contribution in [1.29, 1.82) is 0 Å². The number of allylic oxidation sites excluding steroid dienone is 3. The van der Waals surface area contributed by atoms with Crippen molar-refractivity contribution in [2.75, 3.05) is 52.9 Å². The Morgan fingerprint density at radius 1 is 0.363 bits per heavy atom. The Bertz CT molecular complexity index is 3760. The van der Waals surface area contributed by atoms with Crippen LogP contribution in [0.4, 0.5) is 0 Å². The molecule has 2 aliphatic carbocycles. The van der Waals surface area contributed by atoms with Gasteiger partial charge in [-0.15, -0.1) is 19.7 Å². The van der Waals surface area contributed by atoms with Gasteiger partial charge < -0.3 is 37.9 Å². The van der Waals surface area contributed by atoms with E-state index in [1.165, 1.54) is 83.5 Å². The zero-order chi connectivity index (χ0) is 62.3. The quantitative estimate of drug-likeness (QED) is 0.0314. The van der Waals surface area contributed by atoms with Gasteiger partial charge in [-0.1, -0.05) is 204 Å². The van der Waals surface area contributed by atoms with Gasteiger partial charge in [0.1, 0.15) is 73.8 Å². The first kappa shape index (κ1) is 61.9. The van der Waals surface area contributed by atoms with Crippen molar-refractivity contribution in [2.45, 2.75) is 133 Å². The Labute approximate surface area is 539 Å². The molecule has 0 bridgehead atoms. The number of epoxide rings is 4. The van der Waals surface area contributed by atoms with Crippen molar-refractivity contribution >= 4 is 0 Å². The summed E-state index contributed by atoms with van der Waals surface area (Å²) >= 11 is 0. The number of hydrogen-bond donors (Lipinski definition) is 0. The van der Waals surface area contributed by atoms with Crippen molar-refractivity contribution in [3.05, 3.63) is 274 Å². The smallest absolute Gasteiger partial charge is 0.126 e. The summed E-state index contributed by atoms with van der Waals surface area (Å²) in [7, 11) is 0. The number of hydrogen-bond acceptors (Lipinski definition) is 8. The molecule has 4 fully saturated rings. The minimum Gasteiger partial charge on any atom is -0.491 e. The molecule has 0 saturated carbocycles. The molecule has 468 valence electrons. The topological polar surface area (TPSA) is 87.0 Å². The van der Waals surface area contributed by atoms with E-state index >= 15 is 0 Å². The summed E-state index contributed by atoms with van der Waals surface area (Å²) in [6, 6.07) is 59.2. The summed E-state index contributed by atoms with van der Waals surface area (Å²) < 4.78 is 47.7. The van der Waals surface area contributed by atoms with Crippen LogP contribution < -0.4 is 18.9 Å². The molecule has 8 aromatic carbocycles. The fourth-order valence-electron chi connectivity index (χ4n) is 14.2. The van der Waals surface area contributed by atoms with E-state index in [9.17, 15) is 0 Å². The van der Waals surface area contributed by atoms with Crippen LogP contribution in [0.1, 0.15) is 137 Å². The van der Waals surface area contributed by atoms with Crippen LogP contribution in [0.25, 0.3) is 22.3 Å². The normalized spacial score (nSPS) is 18.5. The Balaban J connectivity index is 0.000000167. The molecular weight excluding hydrogens is 1120 g/mol. The summed E-state index contributed by atoms with van der Waals surface area (Å²) in [6.45, 7) is 24.6. The predicted octanol–water partition coefficient (Wildman–Crippen LogP) is 17.4. The van der Waals surface area contributed by atoms with Gasteiger partial charge in [0.25, 0.3) is 0 Å². The lowest BCUT2D eigenvalue weighted by Gasteiger charge is -2.35. The highest BCUT2D eigenvalue weighted by molar-refractivity contribution is 5.88. The van der Waals surface area contributed by atoms with E-state index in [4.69, 9.17) is 37.9 Å². The van der Waals surface area contributed by atoms with Crippen LogP contribution >= 0.6 is 0 Å². The van der Waals surface area contributed by atoms with E-state index in [1.807, 2.05) is 18.2 Å². The molecule has 0 aromatic heterocycles. The Morgan fingerprint density at radius 3 is 1.02 bits per heavy atom. The highest BCUT2D eigenvalue weighted by atomic mass is 16.6. The lowest BCUT2D eigenvalue weighted by molar-refractivity contribution is 0.258. The van der Waals surface area contributed by atoms with Crippen LogP contribution in [0.15, 0.2) is 196 Å². The highest BCUT2D eigenvalue weighted by Gasteiger charge is 2.49. The Hall–Kier alpha value is -7.98. The molecule has 0 N–H and O–H groups in total. The molecule has 8 heteroatoms. The molecule has 6 aliphatic rings. The van der Waals surface area contributed by atoms with Gasteiger partial charge >= 0.3 is 0 Å². The highest BCUT2D eigenvalue weighted by Crippen LogP contribution is 2.59. The van der Waals surface area contributed by atoms with Crippen molar-refractivity contribution in [2.24, 2.45) is 0 Å². The third-order valence-electron chi connectivity index (χ3n) is 19.0. The Kier molecular flexibility index (Phi) is 18.9. The lowest BCUT2D eigenvalue weighted by Crippen LogP contribution is -2.29. The van der Waals surface area contributed by atoms with E-state index in [-0.39, 0.29) is 24.4 Å². The van der Waals surface area contributed by atoms with Crippen LogP contribution in [-0.2, 0) is 68.3 Å². The summed E-state index contributed by atoms with van der Waals surface area (Å²) in [5.41, 5.74) is 21.7. The van der Waals surface area contributed by atoms with Crippen molar-refractivity contribution < 1.29 is 37.9 Å². The van der Waals surface area contributed by atoms with Crippen LogP contribution in [0.5, 0.6) is 23.0 Å². The monoisotopic (exact) mass is 1210 g/mol. The molecule has 8 aromatic rings. The molecule has 4 saturated heterocycles. The van der Waals surface area contributed by atoms with Gasteiger partial charge in [-0.25, -0.2) is 0 Å². The second-order valence-electron chi connectivity index (χ2n) is 25.4. The zero-order valence-corrected chi connectivity index (χ0v) is 53.6. The molecular formula is C83H88O8. The fourth-order valence-corrected chi connectivity index (χ4v) is 14.2. The molecule has 4 atom stereocenters. The largest absolute Gasteiger partial charge is 0.491 e. The zero-order valence-electron chi connectivity index (χ0n) is 53.6. The lowest BCUT2D eigenvalue weighted by atomic mass is 9.66. The standard InChI is InChI=1S/C43H50O4.C40H38O4/c1-4-7-14-30-23-33(21-22-41(30)46-28-35-26-44-35)43(39-19-12-10-17-37(39)38-18-11-13-20-40(38)43)34-24-31(15-8-5-2)42(47-29-36-27-45-36)32(25-34)16-9-6-3;1-4-11-27-20-30(18-19-38(27)43-25-32-23-41-32)40(36-16-9-7-14-34(36)35-15-8-10-17-37(35)40)31-21-28(12-5-2)39(29(22-31)13-6-3)44-26-33-24-42-33/h10-13,17-25,35-36H,4-9,14-16,26-29H2,1-3H3;4-10,14-22,32-33H,1-3,11-13,23-26H2. The summed E-state index contributed by atoms with van der Waals surface area (Å²) in [5.74, 6) is 3.88.